The molecule has 2 rings (SSSR count). The van der Waals surface area contributed by atoms with Gasteiger partial charge in [0.2, 0.25) is 0 Å². The maximum Gasteiger partial charge on any atom is 0.372 e. The Bertz CT molecular complexity index is 530. The van der Waals surface area contributed by atoms with Gasteiger partial charge in [-0.15, -0.1) is 10.2 Å². The highest BCUT2D eigenvalue weighted by Gasteiger charge is 2.35. The molecule has 0 fully saturated rings. The molecule has 9 nitrogen and oxygen atoms in total. The van der Waals surface area contributed by atoms with Gasteiger partial charge >= 0.3 is 11.5 Å². The number of hydrogen-bond donors (Lipinski definition) is 1. The van der Waals surface area contributed by atoms with Crippen molar-refractivity contribution >= 4 is 34.2 Å². The number of aliphatic imine (C=N–C) groups is 1. The molecule has 0 amide bonds. The molecule has 18 heavy (non-hydrogen) atoms. The molecular formula is C7H7N5O4S2. The molecule has 0 saturated carbocycles. The van der Waals surface area contributed by atoms with Crippen molar-refractivity contribution in [2.75, 3.05) is 13.6 Å². The summed E-state index contributed by atoms with van der Waals surface area (Å²) in [4.78, 5) is 26.2. The fraction of sp³-hybridized carbons (Fsp3) is 0.429. The van der Waals surface area contributed by atoms with Crippen LogP contribution in [0.4, 0.5) is 4.79 Å². The summed E-state index contributed by atoms with van der Waals surface area (Å²) in [5, 5.41) is 26.1. The summed E-state index contributed by atoms with van der Waals surface area (Å²) >= 11 is 1.58. The summed E-state index contributed by atoms with van der Waals surface area (Å²) in [5.74, 6) is 0.367. The highest BCUT2D eigenvalue weighted by atomic mass is 32.2. The van der Waals surface area contributed by atoms with Gasteiger partial charge in [-0.3, -0.25) is 20.0 Å². The van der Waals surface area contributed by atoms with Crippen molar-refractivity contribution in [1.82, 2.24) is 15.1 Å². The van der Waals surface area contributed by atoms with Gasteiger partial charge in [-0.25, -0.2) is 4.79 Å². The van der Waals surface area contributed by atoms with E-state index < -0.39 is 16.4 Å². The SMILES string of the molecule is CN1C(c2nnc(SC(=O)O)s2)=NCC1[N+](=O)[O-]. The van der Waals surface area contributed by atoms with Gasteiger partial charge in [-0.2, -0.15) is 0 Å². The standard InChI is InChI=1S/C7H7N5O4S2/c1-11-3(12(15)16)2-8-4(11)5-9-10-6(17-5)18-7(13)14/h3H,2H2,1H3,(H,13,14). The first-order valence-electron chi connectivity index (χ1n) is 4.64. The van der Waals surface area contributed by atoms with E-state index in [1.165, 1.54) is 4.90 Å². The fourth-order valence-electron chi connectivity index (χ4n) is 1.39. The Morgan fingerprint density at radius 2 is 2.39 bits per heavy atom. The first kappa shape index (κ1) is 12.7. The smallest absolute Gasteiger partial charge is 0.372 e. The molecule has 1 unspecified atom stereocenters. The van der Waals surface area contributed by atoms with E-state index in [9.17, 15) is 14.9 Å². The Hall–Kier alpha value is -1.75. The summed E-state index contributed by atoms with van der Waals surface area (Å²) in [7, 11) is 1.55. The summed E-state index contributed by atoms with van der Waals surface area (Å²) in [6.07, 6.45) is -0.903. The lowest BCUT2D eigenvalue weighted by Crippen LogP contribution is -2.38. The number of carboxylic acid groups (broad SMARTS) is 1. The van der Waals surface area contributed by atoms with Gasteiger partial charge in [0.05, 0.1) is 0 Å². The molecule has 0 bridgehead atoms. The molecule has 0 aromatic carbocycles. The molecule has 0 saturated heterocycles. The summed E-state index contributed by atoms with van der Waals surface area (Å²) in [6, 6.07) is 0. The van der Waals surface area contributed by atoms with Crippen LogP contribution < -0.4 is 0 Å². The van der Waals surface area contributed by atoms with Gasteiger partial charge in [0.1, 0.15) is 6.54 Å². The van der Waals surface area contributed by atoms with Crippen LogP contribution in [0, 0.1) is 10.1 Å². The molecule has 1 aromatic rings. The summed E-state index contributed by atoms with van der Waals surface area (Å²) in [6.45, 7) is 0.0554. The Balaban J connectivity index is 2.16. The van der Waals surface area contributed by atoms with E-state index in [1.54, 1.807) is 7.05 Å². The molecule has 0 spiro atoms. The zero-order valence-corrected chi connectivity index (χ0v) is 10.6. The van der Waals surface area contributed by atoms with E-state index in [1.807, 2.05) is 0 Å². The molecule has 1 aliphatic rings. The zero-order chi connectivity index (χ0) is 13.3. The van der Waals surface area contributed by atoms with Gasteiger partial charge in [0.15, 0.2) is 15.2 Å². The number of nitrogens with zero attached hydrogens (tertiary/aromatic N) is 5. The lowest BCUT2D eigenvalue weighted by atomic mass is 10.5. The predicted octanol–water partition coefficient (Wildman–Crippen LogP) is 0.603. The molecule has 1 aromatic heterocycles. The number of rotatable bonds is 3. The zero-order valence-electron chi connectivity index (χ0n) is 9.01. The average molecular weight is 289 g/mol. The average Bonchev–Trinajstić information content (AvgIpc) is 2.83. The summed E-state index contributed by atoms with van der Waals surface area (Å²) < 4.78 is 0.262. The molecule has 11 heteroatoms. The largest absolute Gasteiger partial charge is 0.473 e. The Labute approximate surface area is 109 Å². The third kappa shape index (κ3) is 2.41. The maximum absolute atomic E-state index is 10.7. The Morgan fingerprint density at radius 1 is 1.67 bits per heavy atom. The number of hydrogen-bond acceptors (Lipinski definition) is 9. The fourth-order valence-corrected chi connectivity index (χ4v) is 2.86. The minimum Gasteiger partial charge on any atom is -0.473 e. The van der Waals surface area contributed by atoms with Gasteiger partial charge in [-0.05, 0) is 0 Å². The number of amidine groups is 1. The quantitative estimate of drug-likeness (QED) is 0.487. The van der Waals surface area contributed by atoms with Crippen LogP contribution in [0.3, 0.4) is 0 Å². The second-order valence-electron chi connectivity index (χ2n) is 3.28. The van der Waals surface area contributed by atoms with Gasteiger partial charge in [-0.1, -0.05) is 11.3 Å². The number of nitro groups is 1. The normalized spacial score (nSPS) is 18.8. The van der Waals surface area contributed by atoms with E-state index in [4.69, 9.17) is 5.11 Å². The summed E-state index contributed by atoms with van der Waals surface area (Å²) in [5.41, 5.74) is 0. The molecule has 1 atom stereocenters. The molecule has 1 N–H and O–H groups in total. The van der Waals surface area contributed by atoms with Crippen molar-refractivity contribution in [3.63, 3.8) is 0 Å². The number of likely N-dealkylation sites (N-methyl/N-ethyl adjacent to an activating group) is 1. The molecule has 0 aliphatic carbocycles. The van der Waals surface area contributed by atoms with E-state index in [0.29, 0.717) is 22.6 Å². The minimum absolute atomic E-state index is 0.0554. The molecule has 0 radical (unpaired) electrons. The Morgan fingerprint density at radius 3 is 2.94 bits per heavy atom. The van der Waals surface area contributed by atoms with Crippen molar-refractivity contribution in [1.29, 1.82) is 0 Å². The van der Waals surface area contributed by atoms with Gasteiger partial charge in [0.25, 0.3) is 0 Å². The van der Waals surface area contributed by atoms with Gasteiger partial charge in [0, 0.05) is 23.7 Å². The Kier molecular flexibility index (Phi) is 3.43. The van der Waals surface area contributed by atoms with E-state index in [-0.39, 0.29) is 10.9 Å². The van der Waals surface area contributed by atoms with E-state index >= 15 is 0 Å². The van der Waals surface area contributed by atoms with Crippen LogP contribution >= 0.6 is 23.1 Å². The van der Waals surface area contributed by atoms with Crippen LogP contribution in [0.1, 0.15) is 5.01 Å². The monoisotopic (exact) mass is 289 g/mol. The third-order valence-electron chi connectivity index (χ3n) is 2.20. The second-order valence-corrected chi connectivity index (χ2v) is 5.46. The van der Waals surface area contributed by atoms with Crippen molar-refractivity contribution in [2.45, 2.75) is 10.5 Å². The van der Waals surface area contributed by atoms with E-state index in [2.05, 4.69) is 15.2 Å². The van der Waals surface area contributed by atoms with Gasteiger partial charge < -0.3 is 5.11 Å². The van der Waals surface area contributed by atoms with Crippen LogP contribution in [0.25, 0.3) is 0 Å². The number of aromatic nitrogens is 2. The van der Waals surface area contributed by atoms with Crippen LogP contribution in [0.15, 0.2) is 9.33 Å². The minimum atomic E-state index is -1.08. The lowest BCUT2D eigenvalue weighted by Gasteiger charge is -2.14. The van der Waals surface area contributed by atoms with Crippen LogP contribution in [0.5, 0.6) is 0 Å². The van der Waals surface area contributed by atoms with Crippen LogP contribution in [-0.4, -0.2) is 56.0 Å². The highest BCUT2D eigenvalue weighted by Crippen LogP contribution is 2.25. The molecular weight excluding hydrogens is 282 g/mol. The maximum atomic E-state index is 10.7. The van der Waals surface area contributed by atoms with Crippen molar-refractivity contribution < 1.29 is 14.8 Å². The topological polar surface area (TPSA) is 122 Å². The molecule has 1 aliphatic heterocycles. The van der Waals surface area contributed by atoms with Crippen molar-refractivity contribution in [3.05, 3.63) is 15.1 Å². The molecule has 2 heterocycles. The number of carbonyl (C=O) groups is 1. The predicted molar refractivity (Wildman–Crippen MR) is 63.7 cm³/mol. The van der Waals surface area contributed by atoms with Crippen molar-refractivity contribution in [2.24, 2.45) is 4.99 Å². The van der Waals surface area contributed by atoms with Crippen molar-refractivity contribution in [3.8, 4) is 0 Å². The van der Waals surface area contributed by atoms with Crippen LogP contribution in [0.2, 0.25) is 0 Å². The first-order valence-corrected chi connectivity index (χ1v) is 6.27. The first-order chi connectivity index (χ1) is 8.49. The highest BCUT2D eigenvalue weighted by molar-refractivity contribution is 8.14. The van der Waals surface area contributed by atoms with E-state index in [0.717, 1.165) is 11.3 Å². The lowest BCUT2D eigenvalue weighted by molar-refractivity contribution is -0.537. The third-order valence-corrected chi connectivity index (χ3v) is 3.85. The molecule has 96 valence electrons. The number of thioether (sulfide) groups is 1. The van der Waals surface area contributed by atoms with Crippen LogP contribution in [-0.2, 0) is 0 Å². The second kappa shape index (κ2) is 4.86.